The SMILES string of the molecule is C[C@H](NCc1nc(C(C)(C)C)cs1)c1ccc(Br)cc1. The lowest BCUT2D eigenvalue weighted by Gasteiger charge is -2.15. The summed E-state index contributed by atoms with van der Waals surface area (Å²) in [6, 6.07) is 8.77. The number of aromatic nitrogens is 1. The Kier molecular flexibility index (Phi) is 4.99. The van der Waals surface area contributed by atoms with E-state index in [9.17, 15) is 0 Å². The highest BCUT2D eigenvalue weighted by Gasteiger charge is 2.17. The molecule has 1 heterocycles. The second kappa shape index (κ2) is 6.37. The largest absolute Gasteiger partial charge is 0.304 e. The van der Waals surface area contributed by atoms with Crippen LogP contribution >= 0.6 is 27.3 Å². The maximum absolute atomic E-state index is 4.71. The average molecular weight is 353 g/mol. The van der Waals surface area contributed by atoms with Gasteiger partial charge in [-0.2, -0.15) is 0 Å². The number of hydrogen-bond acceptors (Lipinski definition) is 3. The van der Waals surface area contributed by atoms with Crippen LogP contribution in [0.2, 0.25) is 0 Å². The van der Waals surface area contributed by atoms with E-state index in [-0.39, 0.29) is 5.41 Å². The van der Waals surface area contributed by atoms with Crippen molar-refractivity contribution in [2.24, 2.45) is 0 Å². The van der Waals surface area contributed by atoms with Crippen LogP contribution in [0.25, 0.3) is 0 Å². The molecule has 2 aromatic rings. The zero-order valence-electron chi connectivity index (χ0n) is 12.4. The van der Waals surface area contributed by atoms with Crippen LogP contribution in [-0.2, 0) is 12.0 Å². The van der Waals surface area contributed by atoms with Crippen LogP contribution in [0.15, 0.2) is 34.1 Å². The highest BCUT2D eigenvalue weighted by molar-refractivity contribution is 9.10. The fourth-order valence-corrected chi connectivity index (χ4v) is 3.08. The first kappa shape index (κ1) is 15.7. The Hall–Kier alpha value is -0.710. The third kappa shape index (κ3) is 4.14. The Morgan fingerprint density at radius 1 is 1.25 bits per heavy atom. The number of halogens is 1. The molecule has 0 saturated carbocycles. The highest BCUT2D eigenvalue weighted by atomic mass is 79.9. The molecule has 1 N–H and O–H groups in total. The van der Waals surface area contributed by atoms with Gasteiger partial charge in [-0.25, -0.2) is 4.98 Å². The first-order valence-electron chi connectivity index (χ1n) is 6.80. The predicted octanol–water partition coefficient (Wildman–Crippen LogP) is 5.05. The molecule has 20 heavy (non-hydrogen) atoms. The van der Waals surface area contributed by atoms with Gasteiger partial charge in [-0.3, -0.25) is 0 Å². The molecule has 0 radical (unpaired) electrons. The lowest BCUT2D eigenvalue weighted by atomic mass is 9.93. The lowest BCUT2D eigenvalue weighted by molar-refractivity contribution is 0.554. The number of benzene rings is 1. The molecule has 108 valence electrons. The number of thiazole rings is 1. The van der Waals surface area contributed by atoms with Gasteiger partial charge in [0.1, 0.15) is 5.01 Å². The number of nitrogens with zero attached hydrogens (tertiary/aromatic N) is 1. The van der Waals surface area contributed by atoms with Gasteiger partial charge >= 0.3 is 0 Å². The van der Waals surface area contributed by atoms with E-state index in [0.717, 1.165) is 16.0 Å². The molecule has 2 nitrogen and oxygen atoms in total. The van der Waals surface area contributed by atoms with Crippen molar-refractivity contribution in [2.75, 3.05) is 0 Å². The van der Waals surface area contributed by atoms with Gasteiger partial charge in [0.05, 0.1) is 5.69 Å². The van der Waals surface area contributed by atoms with Crippen molar-refractivity contribution < 1.29 is 0 Å². The second-order valence-electron chi connectivity index (χ2n) is 6.03. The molecule has 0 aliphatic rings. The molecule has 0 saturated heterocycles. The van der Waals surface area contributed by atoms with Crippen LogP contribution < -0.4 is 5.32 Å². The van der Waals surface area contributed by atoms with Crippen molar-refractivity contribution in [3.63, 3.8) is 0 Å². The van der Waals surface area contributed by atoms with Gasteiger partial charge in [0.25, 0.3) is 0 Å². The van der Waals surface area contributed by atoms with Crippen LogP contribution in [0, 0.1) is 0 Å². The molecule has 0 unspecified atom stereocenters. The standard InChI is InChI=1S/C16H21BrN2S/c1-11(12-5-7-13(17)8-6-12)18-9-15-19-14(10-20-15)16(2,3)4/h5-8,10-11,18H,9H2,1-4H3/t11-/m0/s1. The molecule has 4 heteroatoms. The molecule has 1 aromatic heterocycles. The fourth-order valence-electron chi connectivity index (χ4n) is 1.85. The van der Waals surface area contributed by atoms with Crippen LogP contribution in [0.5, 0.6) is 0 Å². The smallest absolute Gasteiger partial charge is 0.107 e. The maximum Gasteiger partial charge on any atom is 0.107 e. The van der Waals surface area contributed by atoms with Crippen LogP contribution in [0.3, 0.4) is 0 Å². The summed E-state index contributed by atoms with van der Waals surface area (Å²) >= 11 is 5.20. The van der Waals surface area contributed by atoms with E-state index in [1.54, 1.807) is 11.3 Å². The molecule has 0 aliphatic heterocycles. The van der Waals surface area contributed by atoms with Gasteiger partial charge in [0.15, 0.2) is 0 Å². The van der Waals surface area contributed by atoms with Crippen molar-refractivity contribution >= 4 is 27.3 Å². The zero-order chi connectivity index (χ0) is 14.8. The minimum atomic E-state index is 0.131. The van der Waals surface area contributed by atoms with E-state index in [2.05, 4.69) is 78.6 Å². The quantitative estimate of drug-likeness (QED) is 0.832. The number of hydrogen-bond donors (Lipinski definition) is 1. The summed E-state index contributed by atoms with van der Waals surface area (Å²) in [5.41, 5.74) is 2.60. The monoisotopic (exact) mass is 352 g/mol. The summed E-state index contributed by atoms with van der Waals surface area (Å²) in [4.78, 5) is 4.71. The molecule has 2 rings (SSSR count). The van der Waals surface area contributed by atoms with E-state index in [1.807, 2.05) is 0 Å². The lowest BCUT2D eigenvalue weighted by Crippen LogP contribution is -2.18. The van der Waals surface area contributed by atoms with Crippen LogP contribution in [0.1, 0.15) is 50.0 Å². The van der Waals surface area contributed by atoms with Gasteiger partial charge in [-0.1, -0.05) is 48.8 Å². The molecular formula is C16H21BrN2S. The topological polar surface area (TPSA) is 24.9 Å². The second-order valence-corrected chi connectivity index (χ2v) is 7.89. The summed E-state index contributed by atoms with van der Waals surface area (Å²) in [5.74, 6) is 0. The molecule has 1 atom stereocenters. The van der Waals surface area contributed by atoms with E-state index in [1.165, 1.54) is 11.3 Å². The van der Waals surface area contributed by atoms with Gasteiger partial charge < -0.3 is 5.32 Å². The van der Waals surface area contributed by atoms with Gasteiger partial charge in [0, 0.05) is 27.9 Å². The summed E-state index contributed by atoms with van der Waals surface area (Å²) in [5, 5.41) is 6.85. The van der Waals surface area contributed by atoms with E-state index in [0.29, 0.717) is 6.04 Å². The van der Waals surface area contributed by atoms with Gasteiger partial charge in [-0.15, -0.1) is 11.3 Å². The zero-order valence-corrected chi connectivity index (χ0v) is 14.8. The molecule has 0 bridgehead atoms. The molecule has 0 aliphatic carbocycles. The van der Waals surface area contributed by atoms with E-state index in [4.69, 9.17) is 4.98 Å². The molecule has 0 amide bonds. The first-order valence-corrected chi connectivity index (χ1v) is 8.47. The van der Waals surface area contributed by atoms with Crippen molar-refractivity contribution in [3.05, 3.63) is 50.4 Å². The summed E-state index contributed by atoms with van der Waals surface area (Å²) in [6.07, 6.45) is 0. The summed E-state index contributed by atoms with van der Waals surface area (Å²) in [7, 11) is 0. The van der Waals surface area contributed by atoms with Crippen molar-refractivity contribution in [3.8, 4) is 0 Å². The Bertz CT molecular complexity index is 555. The van der Waals surface area contributed by atoms with E-state index >= 15 is 0 Å². The van der Waals surface area contributed by atoms with Gasteiger partial charge in [0.2, 0.25) is 0 Å². The highest BCUT2D eigenvalue weighted by Crippen LogP contribution is 2.24. The number of rotatable bonds is 4. The Balaban J connectivity index is 1.95. The minimum Gasteiger partial charge on any atom is -0.304 e. The third-order valence-corrected chi connectivity index (χ3v) is 4.63. The summed E-state index contributed by atoms with van der Waals surface area (Å²) < 4.78 is 1.11. The third-order valence-electron chi connectivity index (χ3n) is 3.25. The predicted molar refractivity (Wildman–Crippen MR) is 90.2 cm³/mol. The summed E-state index contributed by atoms with van der Waals surface area (Å²) in [6.45, 7) is 9.59. The average Bonchev–Trinajstić information content (AvgIpc) is 2.85. The van der Waals surface area contributed by atoms with Crippen molar-refractivity contribution in [2.45, 2.75) is 45.7 Å². The Morgan fingerprint density at radius 2 is 1.90 bits per heavy atom. The van der Waals surface area contributed by atoms with Crippen LogP contribution in [-0.4, -0.2) is 4.98 Å². The Labute approximate surface area is 133 Å². The normalized spacial score (nSPS) is 13.4. The maximum atomic E-state index is 4.71. The fraction of sp³-hybridized carbons (Fsp3) is 0.438. The number of nitrogens with one attached hydrogen (secondary N) is 1. The Morgan fingerprint density at radius 3 is 2.45 bits per heavy atom. The molecule has 0 spiro atoms. The van der Waals surface area contributed by atoms with Crippen molar-refractivity contribution in [1.82, 2.24) is 10.3 Å². The molecular weight excluding hydrogens is 332 g/mol. The van der Waals surface area contributed by atoms with Gasteiger partial charge in [-0.05, 0) is 24.6 Å². The van der Waals surface area contributed by atoms with Crippen LogP contribution in [0.4, 0.5) is 0 Å². The first-order chi connectivity index (χ1) is 9.36. The molecule has 0 fully saturated rings. The van der Waals surface area contributed by atoms with E-state index < -0.39 is 0 Å². The minimum absolute atomic E-state index is 0.131. The van der Waals surface area contributed by atoms with Crippen molar-refractivity contribution in [1.29, 1.82) is 0 Å². The molecule has 1 aromatic carbocycles.